The number of hydrogen-bond donors (Lipinski definition) is 2. The molecule has 0 atom stereocenters. The summed E-state index contributed by atoms with van der Waals surface area (Å²) in [7, 11) is 1.43. The molecule has 0 radical (unpaired) electrons. The molecule has 0 unspecified atom stereocenters. The number of hydroxylamine groups is 1. The predicted molar refractivity (Wildman–Crippen MR) is 49.6 cm³/mol. The van der Waals surface area contributed by atoms with Gasteiger partial charge in [-0.2, -0.15) is 0 Å². The quantitative estimate of drug-likeness (QED) is 0.587. The SMILES string of the molecule is C1=Cc2cnccc2OC1.CNO. The van der Waals surface area contributed by atoms with Crippen molar-refractivity contribution in [2.75, 3.05) is 13.7 Å². The highest BCUT2D eigenvalue weighted by Gasteiger charge is 2.01. The molecule has 0 bridgehead atoms. The maximum Gasteiger partial charge on any atom is 0.130 e. The van der Waals surface area contributed by atoms with Gasteiger partial charge < -0.3 is 9.94 Å². The van der Waals surface area contributed by atoms with Gasteiger partial charge in [-0.3, -0.25) is 4.98 Å². The summed E-state index contributed by atoms with van der Waals surface area (Å²) >= 11 is 0. The van der Waals surface area contributed by atoms with Crippen LogP contribution in [0.15, 0.2) is 24.5 Å². The lowest BCUT2D eigenvalue weighted by Crippen LogP contribution is -1.99. The van der Waals surface area contributed by atoms with E-state index in [1.807, 2.05) is 18.2 Å². The van der Waals surface area contributed by atoms with Crippen LogP contribution in [-0.2, 0) is 0 Å². The largest absolute Gasteiger partial charge is 0.489 e. The van der Waals surface area contributed by atoms with Gasteiger partial charge in [0, 0.05) is 25.0 Å². The Kier molecular flexibility index (Phi) is 3.95. The van der Waals surface area contributed by atoms with Crippen LogP contribution in [0.2, 0.25) is 0 Å². The van der Waals surface area contributed by atoms with E-state index in [2.05, 4.69) is 4.98 Å². The normalized spacial score (nSPS) is 12.2. The van der Waals surface area contributed by atoms with Crippen LogP contribution in [-0.4, -0.2) is 23.8 Å². The van der Waals surface area contributed by atoms with Crippen molar-refractivity contribution in [1.29, 1.82) is 0 Å². The molecule has 4 heteroatoms. The molecule has 0 aromatic carbocycles. The van der Waals surface area contributed by atoms with Crippen LogP contribution in [0.5, 0.6) is 5.75 Å². The molecule has 0 aliphatic carbocycles. The minimum Gasteiger partial charge on any atom is -0.489 e. The molecule has 4 nitrogen and oxygen atoms in total. The van der Waals surface area contributed by atoms with Gasteiger partial charge >= 0.3 is 0 Å². The summed E-state index contributed by atoms with van der Waals surface area (Å²) in [6.07, 6.45) is 7.53. The van der Waals surface area contributed by atoms with Crippen molar-refractivity contribution in [2.24, 2.45) is 0 Å². The lowest BCUT2D eigenvalue weighted by Gasteiger charge is -2.09. The fraction of sp³-hybridized carbons (Fsp3) is 0.222. The van der Waals surface area contributed by atoms with Crippen molar-refractivity contribution in [3.8, 4) is 5.75 Å². The maximum atomic E-state index is 7.32. The highest BCUT2D eigenvalue weighted by Crippen LogP contribution is 2.20. The molecule has 1 aliphatic heterocycles. The molecule has 0 spiro atoms. The molecular formula is C9H12N2O2. The number of ether oxygens (including phenoxy) is 1. The molecule has 13 heavy (non-hydrogen) atoms. The third-order valence-electron chi connectivity index (χ3n) is 1.44. The fourth-order valence-electron chi connectivity index (χ4n) is 0.963. The second-order valence-corrected chi connectivity index (χ2v) is 2.35. The minimum atomic E-state index is 0.678. The Morgan fingerprint density at radius 2 is 2.38 bits per heavy atom. The van der Waals surface area contributed by atoms with E-state index in [0.29, 0.717) is 6.61 Å². The van der Waals surface area contributed by atoms with Crippen LogP contribution < -0.4 is 10.2 Å². The van der Waals surface area contributed by atoms with Crippen molar-refractivity contribution in [2.45, 2.75) is 0 Å². The molecule has 1 aliphatic rings. The lowest BCUT2D eigenvalue weighted by molar-refractivity contribution is 0.194. The zero-order chi connectivity index (χ0) is 9.52. The lowest BCUT2D eigenvalue weighted by atomic mass is 10.2. The highest BCUT2D eigenvalue weighted by atomic mass is 16.5. The van der Waals surface area contributed by atoms with E-state index < -0.39 is 0 Å². The molecule has 0 amide bonds. The Hall–Kier alpha value is -1.39. The summed E-state index contributed by atoms with van der Waals surface area (Å²) in [5, 5.41) is 7.32. The van der Waals surface area contributed by atoms with Gasteiger partial charge in [0.25, 0.3) is 0 Å². The average Bonchev–Trinajstić information content (AvgIpc) is 2.19. The molecule has 0 saturated heterocycles. The Morgan fingerprint density at radius 3 is 3.08 bits per heavy atom. The Bertz CT molecular complexity index is 287. The summed E-state index contributed by atoms with van der Waals surface area (Å²) in [6.45, 7) is 0.678. The van der Waals surface area contributed by atoms with Gasteiger partial charge in [-0.1, -0.05) is 6.08 Å². The summed E-state index contributed by atoms with van der Waals surface area (Å²) in [4.78, 5) is 3.97. The first-order valence-electron chi connectivity index (χ1n) is 3.92. The summed E-state index contributed by atoms with van der Waals surface area (Å²) in [6, 6.07) is 1.87. The number of nitrogens with one attached hydrogen (secondary N) is 1. The third-order valence-corrected chi connectivity index (χ3v) is 1.44. The van der Waals surface area contributed by atoms with E-state index in [1.54, 1.807) is 17.9 Å². The minimum absolute atomic E-state index is 0.678. The van der Waals surface area contributed by atoms with E-state index >= 15 is 0 Å². The van der Waals surface area contributed by atoms with Gasteiger partial charge in [-0.25, -0.2) is 5.48 Å². The smallest absolute Gasteiger partial charge is 0.130 e. The second kappa shape index (κ2) is 5.29. The van der Waals surface area contributed by atoms with Crippen molar-refractivity contribution in [3.05, 3.63) is 30.1 Å². The van der Waals surface area contributed by atoms with Gasteiger partial charge in [-0.05, 0) is 12.1 Å². The van der Waals surface area contributed by atoms with E-state index in [9.17, 15) is 0 Å². The first-order chi connectivity index (χ1) is 6.38. The first kappa shape index (κ1) is 9.70. The third kappa shape index (κ3) is 2.85. The van der Waals surface area contributed by atoms with E-state index in [4.69, 9.17) is 9.94 Å². The van der Waals surface area contributed by atoms with Crippen molar-refractivity contribution in [3.63, 3.8) is 0 Å². The van der Waals surface area contributed by atoms with Crippen molar-refractivity contribution in [1.82, 2.24) is 10.5 Å². The van der Waals surface area contributed by atoms with Crippen LogP contribution in [0.1, 0.15) is 5.56 Å². The van der Waals surface area contributed by atoms with Gasteiger partial charge in [-0.15, -0.1) is 0 Å². The Labute approximate surface area is 76.8 Å². The zero-order valence-corrected chi connectivity index (χ0v) is 7.40. The average molecular weight is 180 g/mol. The number of nitrogens with zero attached hydrogens (tertiary/aromatic N) is 1. The first-order valence-corrected chi connectivity index (χ1v) is 3.92. The standard InChI is InChI=1S/C8H7NO.CH5NO/c1-2-7-6-9-4-3-8(7)10-5-1;1-2-3/h1-4,6H,5H2;2-3H,1H3. The highest BCUT2D eigenvalue weighted by molar-refractivity contribution is 5.57. The van der Waals surface area contributed by atoms with Crippen molar-refractivity contribution >= 4 is 6.08 Å². The number of aromatic nitrogens is 1. The Balaban J connectivity index is 0.000000251. The molecule has 1 aromatic heterocycles. The fourth-order valence-corrected chi connectivity index (χ4v) is 0.963. The van der Waals surface area contributed by atoms with Crippen LogP contribution in [0.4, 0.5) is 0 Å². The monoisotopic (exact) mass is 180 g/mol. The van der Waals surface area contributed by atoms with Crippen LogP contribution in [0.25, 0.3) is 6.08 Å². The molecule has 2 N–H and O–H groups in total. The molecule has 1 aromatic rings. The second-order valence-electron chi connectivity index (χ2n) is 2.35. The topological polar surface area (TPSA) is 54.4 Å². The molecule has 0 saturated carbocycles. The van der Waals surface area contributed by atoms with Crippen LogP contribution >= 0.6 is 0 Å². The molecule has 70 valence electrons. The molecule has 0 fully saturated rings. The van der Waals surface area contributed by atoms with E-state index in [1.165, 1.54) is 7.05 Å². The van der Waals surface area contributed by atoms with Gasteiger partial charge in [0.05, 0.1) is 0 Å². The van der Waals surface area contributed by atoms with Gasteiger partial charge in [0.1, 0.15) is 12.4 Å². The van der Waals surface area contributed by atoms with Crippen molar-refractivity contribution < 1.29 is 9.94 Å². The van der Waals surface area contributed by atoms with Gasteiger partial charge in [0.15, 0.2) is 0 Å². The summed E-state index contributed by atoms with van der Waals surface area (Å²) in [5.41, 5.74) is 2.81. The zero-order valence-electron chi connectivity index (χ0n) is 7.40. The molecule has 2 heterocycles. The Morgan fingerprint density at radius 1 is 1.62 bits per heavy atom. The summed E-state index contributed by atoms with van der Waals surface area (Å²) in [5.74, 6) is 0.928. The van der Waals surface area contributed by atoms with Crippen LogP contribution in [0, 0.1) is 0 Å². The number of fused-ring (bicyclic) bond motifs is 1. The predicted octanol–water partition coefficient (Wildman–Crippen LogP) is 1.08. The molecule has 2 rings (SSSR count). The number of hydrogen-bond acceptors (Lipinski definition) is 4. The van der Waals surface area contributed by atoms with E-state index in [0.717, 1.165) is 11.3 Å². The number of pyridine rings is 1. The van der Waals surface area contributed by atoms with Crippen LogP contribution in [0.3, 0.4) is 0 Å². The summed E-state index contributed by atoms with van der Waals surface area (Å²) < 4.78 is 5.30. The van der Waals surface area contributed by atoms with Gasteiger partial charge in [0.2, 0.25) is 0 Å². The molecular weight excluding hydrogens is 168 g/mol. The van der Waals surface area contributed by atoms with E-state index in [-0.39, 0.29) is 0 Å². The number of rotatable bonds is 0. The maximum absolute atomic E-state index is 7.32.